The zero-order valence-corrected chi connectivity index (χ0v) is 14.3. The van der Waals surface area contributed by atoms with Crippen molar-refractivity contribution >= 4 is 23.3 Å². The largest absolute Gasteiger partial charge is 0.368 e. The molecular formula is C17H20ClN5O. The lowest BCUT2D eigenvalue weighted by atomic mass is 10.2. The summed E-state index contributed by atoms with van der Waals surface area (Å²) in [5.74, 6) is 0.705. The average Bonchev–Trinajstić information content (AvgIpc) is 2.60. The zero-order chi connectivity index (χ0) is 16.9. The van der Waals surface area contributed by atoms with Crippen molar-refractivity contribution in [1.82, 2.24) is 20.2 Å². The molecule has 1 saturated heterocycles. The molecule has 1 aromatic heterocycles. The van der Waals surface area contributed by atoms with Crippen LogP contribution in [0.3, 0.4) is 0 Å². The van der Waals surface area contributed by atoms with E-state index in [1.165, 1.54) is 0 Å². The third kappa shape index (κ3) is 4.14. The van der Waals surface area contributed by atoms with Crippen LogP contribution >= 0.6 is 11.6 Å². The van der Waals surface area contributed by atoms with Gasteiger partial charge in [-0.1, -0.05) is 17.7 Å². The number of urea groups is 1. The second-order valence-corrected chi connectivity index (χ2v) is 6.14. The molecule has 0 unspecified atom stereocenters. The number of benzene rings is 1. The van der Waals surface area contributed by atoms with Gasteiger partial charge in [0.05, 0.1) is 12.2 Å². The summed E-state index contributed by atoms with van der Waals surface area (Å²) in [6, 6.07) is 9.55. The van der Waals surface area contributed by atoms with Gasteiger partial charge in [0.2, 0.25) is 0 Å². The van der Waals surface area contributed by atoms with E-state index in [4.69, 9.17) is 11.6 Å². The van der Waals surface area contributed by atoms with E-state index in [2.05, 4.69) is 20.2 Å². The van der Waals surface area contributed by atoms with Crippen LogP contribution in [0.2, 0.25) is 5.02 Å². The summed E-state index contributed by atoms with van der Waals surface area (Å²) >= 11 is 6.04. The Morgan fingerprint density at radius 2 is 2.04 bits per heavy atom. The molecule has 7 heteroatoms. The minimum atomic E-state index is -0.0583. The molecule has 1 N–H and O–H groups in total. The number of carbonyl (C=O) groups excluding carboxylic acids is 1. The van der Waals surface area contributed by atoms with E-state index in [9.17, 15) is 4.79 Å². The molecular weight excluding hydrogens is 326 g/mol. The fourth-order valence-electron chi connectivity index (χ4n) is 2.72. The highest BCUT2D eigenvalue weighted by Crippen LogP contribution is 2.20. The van der Waals surface area contributed by atoms with E-state index in [0.29, 0.717) is 25.5 Å². The number of aryl methyl sites for hydroxylation is 1. The molecule has 0 bridgehead atoms. The van der Waals surface area contributed by atoms with Crippen LogP contribution in [0.4, 0.5) is 10.5 Å². The lowest BCUT2D eigenvalue weighted by molar-refractivity contribution is 0.194. The first kappa shape index (κ1) is 16.5. The maximum atomic E-state index is 12.3. The van der Waals surface area contributed by atoms with E-state index in [0.717, 1.165) is 29.5 Å². The number of carbonyl (C=O) groups is 1. The number of aromatic nitrogens is 2. The first-order valence-corrected chi connectivity index (χ1v) is 8.31. The highest BCUT2D eigenvalue weighted by atomic mass is 35.5. The number of rotatable bonds is 3. The van der Waals surface area contributed by atoms with Gasteiger partial charge in [0.25, 0.3) is 0 Å². The van der Waals surface area contributed by atoms with Crippen molar-refractivity contribution in [2.45, 2.75) is 13.5 Å². The summed E-state index contributed by atoms with van der Waals surface area (Å²) in [5.41, 5.74) is 1.91. The van der Waals surface area contributed by atoms with Crippen LogP contribution in [-0.2, 0) is 6.54 Å². The number of hydrogen-bond donors (Lipinski definition) is 1. The Hall–Kier alpha value is -2.34. The molecule has 1 aliphatic rings. The molecule has 1 fully saturated rings. The number of nitrogens with one attached hydrogen (secondary N) is 1. The van der Waals surface area contributed by atoms with Crippen molar-refractivity contribution in [2.75, 3.05) is 31.1 Å². The zero-order valence-electron chi connectivity index (χ0n) is 13.6. The lowest BCUT2D eigenvalue weighted by Crippen LogP contribution is -2.51. The second kappa shape index (κ2) is 7.49. The smallest absolute Gasteiger partial charge is 0.317 e. The number of nitrogens with zero attached hydrogens (tertiary/aromatic N) is 4. The van der Waals surface area contributed by atoms with Crippen LogP contribution in [0.15, 0.2) is 36.5 Å². The quantitative estimate of drug-likeness (QED) is 0.928. The Morgan fingerprint density at radius 3 is 2.75 bits per heavy atom. The molecule has 24 heavy (non-hydrogen) atoms. The Bertz CT molecular complexity index is 716. The van der Waals surface area contributed by atoms with Crippen LogP contribution in [0.1, 0.15) is 11.5 Å². The molecule has 2 heterocycles. The van der Waals surface area contributed by atoms with Gasteiger partial charge in [-0.3, -0.25) is 0 Å². The molecule has 2 amide bonds. The van der Waals surface area contributed by atoms with E-state index in [-0.39, 0.29) is 6.03 Å². The first-order chi connectivity index (χ1) is 11.6. The molecule has 126 valence electrons. The normalized spacial score (nSPS) is 14.6. The van der Waals surface area contributed by atoms with Crippen LogP contribution < -0.4 is 10.2 Å². The summed E-state index contributed by atoms with van der Waals surface area (Å²) < 4.78 is 0. The van der Waals surface area contributed by atoms with Crippen molar-refractivity contribution in [3.05, 3.63) is 53.1 Å². The number of hydrogen-bond acceptors (Lipinski definition) is 4. The monoisotopic (exact) mass is 345 g/mol. The number of anilines is 1. The van der Waals surface area contributed by atoms with Gasteiger partial charge in [0, 0.05) is 43.1 Å². The van der Waals surface area contributed by atoms with Gasteiger partial charge in [-0.05, 0) is 31.2 Å². The van der Waals surface area contributed by atoms with Gasteiger partial charge in [0.15, 0.2) is 0 Å². The van der Waals surface area contributed by atoms with E-state index >= 15 is 0 Å². The lowest BCUT2D eigenvalue weighted by Gasteiger charge is -2.36. The van der Waals surface area contributed by atoms with Gasteiger partial charge >= 0.3 is 6.03 Å². The van der Waals surface area contributed by atoms with Crippen LogP contribution in [0.5, 0.6) is 0 Å². The third-order valence-electron chi connectivity index (χ3n) is 3.99. The Balaban J connectivity index is 1.50. The SMILES string of the molecule is Cc1nccc(CNC(=O)N2CCN(c3cccc(Cl)c3)CC2)n1. The van der Waals surface area contributed by atoms with Gasteiger partial charge in [-0.15, -0.1) is 0 Å². The number of halogens is 1. The molecule has 3 rings (SSSR count). The second-order valence-electron chi connectivity index (χ2n) is 5.71. The molecule has 6 nitrogen and oxygen atoms in total. The fraction of sp³-hybridized carbons (Fsp3) is 0.353. The highest BCUT2D eigenvalue weighted by Gasteiger charge is 2.21. The summed E-state index contributed by atoms with van der Waals surface area (Å²) in [5, 5.41) is 3.65. The van der Waals surface area contributed by atoms with E-state index in [1.807, 2.05) is 42.2 Å². The summed E-state index contributed by atoms with van der Waals surface area (Å²) in [6.45, 7) is 5.19. The Kier molecular flexibility index (Phi) is 5.15. The van der Waals surface area contributed by atoms with E-state index < -0.39 is 0 Å². The number of amides is 2. The molecule has 0 radical (unpaired) electrons. The van der Waals surface area contributed by atoms with Crippen LogP contribution in [-0.4, -0.2) is 47.1 Å². The topological polar surface area (TPSA) is 61.4 Å². The van der Waals surface area contributed by atoms with Crippen molar-refractivity contribution in [2.24, 2.45) is 0 Å². The first-order valence-electron chi connectivity index (χ1n) is 7.93. The molecule has 0 aliphatic carbocycles. The van der Waals surface area contributed by atoms with Gasteiger partial charge in [-0.25, -0.2) is 14.8 Å². The molecule has 0 atom stereocenters. The summed E-state index contributed by atoms with van der Waals surface area (Å²) in [6.07, 6.45) is 1.70. The van der Waals surface area contributed by atoms with E-state index in [1.54, 1.807) is 6.20 Å². The van der Waals surface area contributed by atoms with Gasteiger partial charge in [0.1, 0.15) is 5.82 Å². The van der Waals surface area contributed by atoms with Gasteiger partial charge < -0.3 is 15.1 Å². The molecule has 1 aliphatic heterocycles. The van der Waals surface area contributed by atoms with Crippen LogP contribution in [0, 0.1) is 6.92 Å². The maximum absolute atomic E-state index is 12.3. The van der Waals surface area contributed by atoms with Crippen molar-refractivity contribution in [3.63, 3.8) is 0 Å². The fourth-order valence-corrected chi connectivity index (χ4v) is 2.91. The average molecular weight is 346 g/mol. The third-order valence-corrected chi connectivity index (χ3v) is 4.23. The van der Waals surface area contributed by atoms with Crippen LogP contribution in [0.25, 0.3) is 0 Å². The summed E-state index contributed by atoms with van der Waals surface area (Å²) in [4.78, 5) is 24.7. The summed E-state index contributed by atoms with van der Waals surface area (Å²) in [7, 11) is 0. The molecule has 1 aromatic carbocycles. The Labute approximate surface area is 146 Å². The minimum Gasteiger partial charge on any atom is -0.368 e. The Morgan fingerprint density at radius 1 is 1.25 bits per heavy atom. The van der Waals surface area contributed by atoms with Gasteiger partial charge in [-0.2, -0.15) is 0 Å². The maximum Gasteiger partial charge on any atom is 0.317 e. The molecule has 0 saturated carbocycles. The van der Waals surface area contributed by atoms with Crippen molar-refractivity contribution < 1.29 is 4.79 Å². The highest BCUT2D eigenvalue weighted by molar-refractivity contribution is 6.30. The van der Waals surface area contributed by atoms with Crippen molar-refractivity contribution in [3.8, 4) is 0 Å². The van der Waals surface area contributed by atoms with Crippen molar-refractivity contribution in [1.29, 1.82) is 0 Å². The standard InChI is InChI=1S/C17H20ClN5O/c1-13-19-6-5-15(21-13)12-20-17(24)23-9-7-22(8-10-23)16-4-2-3-14(18)11-16/h2-6,11H,7-10,12H2,1H3,(H,20,24). The predicted octanol–water partition coefficient (Wildman–Crippen LogP) is 2.47. The predicted molar refractivity (Wildman–Crippen MR) is 94.2 cm³/mol. The molecule has 2 aromatic rings. The number of piperazine rings is 1. The molecule has 0 spiro atoms. The minimum absolute atomic E-state index is 0.0583.